The number of amides is 1. The first-order valence-electron chi connectivity index (χ1n) is 4.10. The fourth-order valence-corrected chi connectivity index (χ4v) is 2.33. The van der Waals surface area contributed by atoms with Crippen LogP contribution in [-0.4, -0.2) is 38.4 Å². The molecule has 6 heteroatoms. The molecule has 0 aromatic carbocycles. The maximum absolute atomic E-state index is 11.2. The van der Waals surface area contributed by atoms with E-state index in [0.717, 1.165) is 0 Å². The summed E-state index contributed by atoms with van der Waals surface area (Å²) in [5, 5.41) is 2.42. The SMILES string of the molecule is CCNC(=O)CS(=O)(=O)CC(C)N. The van der Waals surface area contributed by atoms with Crippen LogP contribution in [0.4, 0.5) is 0 Å². The monoisotopic (exact) mass is 208 g/mol. The van der Waals surface area contributed by atoms with E-state index >= 15 is 0 Å². The lowest BCUT2D eigenvalue weighted by Crippen LogP contribution is -2.35. The summed E-state index contributed by atoms with van der Waals surface area (Å²) in [4.78, 5) is 10.9. The van der Waals surface area contributed by atoms with Gasteiger partial charge >= 0.3 is 0 Å². The van der Waals surface area contributed by atoms with Crippen molar-refractivity contribution in [2.75, 3.05) is 18.1 Å². The van der Waals surface area contributed by atoms with Gasteiger partial charge in [0.25, 0.3) is 0 Å². The third-order valence-electron chi connectivity index (χ3n) is 1.24. The Balaban J connectivity index is 4.10. The van der Waals surface area contributed by atoms with E-state index in [9.17, 15) is 13.2 Å². The summed E-state index contributed by atoms with van der Waals surface area (Å²) in [7, 11) is -3.34. The van der Waals surface area contributed by atoms with Crippen LogP contribution in [0, 0.1) is 0 Å². The van der Waals surface area contributed by atoms with Gasteiger partial charge in [0, 0.05) is 12.6 Å². The third kappa shape index (κ3) is 6.53. The van der Waals surface area contributed by atoms with Crippen LogP contribution in [0.3, 0.4) is 0 Å². The van der Waals surface area contributed by atoms with E-state index in [1.807, 2.05) is 0 Å². The van der Waals surface area contributed by atoms with E-state index in [0.29, 0.717) is 6.54 Å². The lowest BCUT2D eigenvalue weighted by Gasteiger charge is -2.06. The van der Waals surface area contributed by atoms with E-state index in [-0.39, 0.29) is 5.75 Å². The molecule has 1 atom stereocenters. The van der Waals surface area contributed by atoms with Crippen LogP contribution in [0.1, 0.15) is 13.8 Å². The van der Waals surface area contributed by atoms with Gasteiger partial charge < -0.3 is 11.1 Å². The highest BCUT2D eigenvalue weighted by molar-refractivity contribution is 7.92. The van der Waals surface area contributed by atoms with Gasteiger partial charge in [-0.05, 0) is 13.8 Å². The molecular weight excluding hydrogens is 192 g/mol. The zero-order valence-electron chi connectivity index (χ0n) is 7.91. The normalized spacial score (nSPS) is 13.8. The molecule has 78 valence electrons. The van der Waals surface area contributed by atoms with Crippen molar-refractivity contribution >= 4 is 15.7 Å². The largest absolute Gasteiger partial charge is 0.356 e. The van der Waals surface area contributed by atoms with Gasteiger partial charge in [-0.1, -0.05) is 0 Å². The Labute approximate surface area is 78.6 Å². The van der Waals surface area contributed by atoms with Crippen LogP contribution in [0.15, 0.2) is 0 Å². The van der Waals surface area contributed by atoms with Crippen molar-refractivity contribution in [1.29, 1.82) is 0 Å². The zero-order chi connectivity index (χ0) is 10.5. The standard InChI is InChI=1S/C7H16N2O3S/c1-3-9-7(10)5-13(11,12)4-6(2)8/h6H,3-5,8H2,1-2H3,(H,9,10). The van der Waals surface area contributed by atoms with E-state index in [2.05, 4.69) is 5.32 Å². The Hall–Kier alpha value is -0.620. The van der Waals surface area contributed by atoms with Gasteiger partial charge in [-0.2, -0.15) is 0 Å². The molecule has 0 bridgehead atoms. The fraction of sp³-hybridized carbons (Fsp3) is 0.857. The second kappa shape index (κ2) is 5.18. The summed E-state index contributed by atoms with van der Waals surface area (Å²) in [6.07, 6.45) is 0. The molecule has 0 aromatic heterocycles. The van der Waals surface area contributed by atoms with E-state index in [4.69, 9.17) is 5.73 Å². The van der Waals surface area contributed by atoms with Crippen molar-refractivity contribution in [3.8, 4) is 0 Å². The lowest BCUT2D eigenvalue weighted by atomic mass is 10.4. The second-order valence-corrected chi connectivity index (χ2v) is 5.09. The van der Waals surface area contributed by atoms with Crippen LogP contribution in [0.5, 0.6) is 0 Å². The third-order valence-corrected chi connectivity index (χ3v) is 2.98. The van der Waals surface area contributed by atoms with E-state index < -0.39 is 27.5 Å². The molecule has 0 radical (unpaired) electrons. The molecule has 1 amide bonds. The number of rotatable bonds is 5. The van der Waals surface area contributed by atoms with E-state index in [1.165, 1.54) is 0 Å². The highest BCUT2D eigenvalue weighted by Gasteiger charge is 2.17. The van der Waals surface area contributed by atoms with Crippen molar-refractivity contribution in [2.45, 2.75) is 19.9 Å². The number of nitrogens with two attached hydrogens (primary N) is 1. The summed E-state index contributed by atoms with van der Waals surface area (Å²) in [5.74, 6) is -1.09. The molecule has 0 fully saturated rings. The average molecular weight is 208 g/mol. The number of carbonyl (C=O) groups excluding carboxylic acids is 1. The highest BCUT2D eigenvalue weighted by atomic mass is 32.2. The van der Waals surface area contributed by atoms with Gasteiger partial charge in [0.2, 0.25) is 5.91 Å². The predicted molar refractivity (Wildman–Crippen MR) is 51.0 cm³/mol. The Bertz CT molecular complexity index is 259. The first-order valence-corrected chi connectivity index (χ1v) is 5.92. The summed E-state index contributed by atoms with van der Waals surface area (Å²) >= 11 is 0. The maximum Gasteiger partial charge on any atom is 0.235 e. The van der Waals surface area contributed by atoms with Gasteiger partial charge in [-0.3, -0.25) is 4.79 Å². The summed E-state index contributed by atoms with van der Waals surface area (Å²) in [6.45, 7) is 3.76. The molecule has 0 aliphatic heterocycles. The van der Waals surface area contributed by atoms with Gasteiger partial charge in [0.1, 0.15) is 5.75 Å². The molecular formula is C7H16N2O3S. The maximum atomic E-state index is 11.2. The molecule has 13 heavy (non-hydrogen) atoms. The number of nitrogens with one attached hydrogen (secondary N) is 1. The molecule has 0 spiro atoms. The van der Waals surface area contributed by atoms with Crippen molar-refractivity contribution in [3.05, 3.63) is 0 Å². The summed E-state index contributed by atoms with van der Waals surface area (Å²) < 4.78 is 22.4. The highest BCUT2D eigenvalue weighted by Crippen LogP contribution is 1.92. The quantitative estimate of drug-likeness (QED) is 0.599. The summed E-state index contributed by atoms with van der Waals surface area (Å²) in [6, 6.07) is -0.431. The topological polar surface area (TPSA) is 89.3 Å². The van der Waals surface area contributed by atoms with Gasteiger partial charge in [0.15, 0.2) is 9.84 Å². The molecule has 3 N–H and O–H groups in total. The first-order chi connectivity index (χ1) is 5.87. The Morgan fingerprint density at radius 1 is 1.54 bits per heavy atom. The zero-order valence-corrected chi connectivity index (χ0v) is 8.73. The minimum absolute atomic E-state index is 0.149. The molecule has 0 saturated heterocycles. The number of carbonyl (C=O) groups is 1. The lowest BCUT2D eigenvalue weighted by molar-refractivity contribution is -0.118. The summed E-state index contributed by atoms with van der Waals surface area (Å²) in [5.41, 5.74) is 5.32. The predicted octanol–water partition coefficient (Wildman–Crippen LogP) is -1.12. The Morgan fingerprint density at radius 2 is 2.08 bits per heavy atom. The number of sulfone groups is 1. The van der Waals surface area contributed by atoms with Crippen molar-refractivity contribution in [2.24, 2.45) is 5.73 Å². The molecule has 0 aromatic rings. The number of hydrogen-bond donors (Lipinski definition) is 2. The van der Waals surface area contributed by atoms with Gasteiger partial charge in [-0.15, -0.1) is 0 Å². The molecule has 5 nitrogen and oxygen atoms in total. The van der Waals surface area contributed by atoms with Crippen LogP contribution in [0.25, 0.3) is 0 Å². The minimum atomic E-state index is -3.34. The average Bonchev–Trinajstić information content (AvgIpc) is 1.81. The van der Waals surface area contributed by atoms with Crippen LogP contribution >= 0.6 is 0 Å². The molecule has 0 aliphatic carbocycles. The second-order valence-electron chi connectivity index (χ2n) is 2.99. The van der Waals surface area contributed by atoms with Crippen molar-refractivity contribution < 1.29 is 13.2 Å². The first kappa shape index (κ1) is 12.4. The number of hydrogen-bond acceptors (Lipinski definition) is 4. The molecule has 0 rings (SSSR count). The fourth-order valence-electron chi connectivity index (χ4n) is 0.907. The molecule has 0 heterocycles. The van der Waals surface area contributed by atoms with Gasteiger partial charge in [0.05, 0.1) is 5.75 Å². The van der Waals surface area contributed by atoms with Crippen LogP contribution < -0.4 is 11.1 Å². The minimum Gasteiger partial charge on any atom is -0.356 e. The molecule has 0 saturated carbocycles. The Kier molecular flexibility index (Phi) is 4.94. The van der Waals surface area contributed by atoms with E-state index in [1.54, 1.807) is 13.8 Å². The molecule has 0 aliphatic rings. The Morgan fingerprint density at radius 3 is 2.46 bits per heavy atom. The smallest absolute Gasteiger partial charge is 0.235 e. The van der Waals surface area contributed by atoms with Gasteiger partial charge in [-0.25, -0.2) is 8.42 Å². The molecule has 1 unspecified atom stereocenters. The van der Waals surface area contributed by atoms with Crippen molar-refractivity contribution in [1.82, 2.24) is 5.32 Å². The van der Waals surface area contributed by atoms with Crippen LogP contribution in [-0.2, 0) is 14.6 Å². The van der Waals surface area contributed by atoms with Crippen LogP contribution in [0.2, 0.25) is 0 Å². The van der Waals surface area contributed by atoms with Crippen molar-refractivity contribution in [3.63, 3.8) is 0 Å².